The van der Waals surface area contributed by atoms with Crippen molar-refractivity contribution in [2.45, 2.75) is 27.2 Å². The highest BCUT2D eigenvalue weighted by Gasteiger charge is 2.13. The summed E-state index contributed by atoms with van der Waals surface area (Å²) < 4.78 is 5.46. The van der Waals surface area contributed by atoms with E-state index in [-0.39, 0.29) is 11.3 Å². The van der Waals surface area contributed by atoms with E-state index in [0.717, 1.165) is 11.1 Å². The standard InChI is InChI=1S/C23H24N2O3/c1-5-7-18-11-17(13-21(22(18)26)28-6-2)12-19(14-24)23(27)25-20-9-15(3)8-16(4)10-20/h5,8-13,26H,1,6-7H2,2-4H3,(H,25,27)/b19-12-. The van der Waals surface area contributed by atoms with Gasteiger partial charge in [0.2, 0.25) is 0 Å². The Morgan fingerprint density at radius 2 is 1.93 bits per heavy atom. The number of phenolic OH excluding ortho intramolecular Hbond substituents is 1. The maximum atomic E-state index is 12.6. The van der Waals surface area contributed by atoms with Crippen molar-refractivity contribution >= 4 is 17.7 Å². The minimum absolute atomic E-state index is 0.0390. The summed E-state index contributed by atoms with van der Waals surface area (Å²) in [5.41, 5.74) is 3.83. The lowest BCUT2D eigenvalue weighted by Crippen LogP contribution is -2.13. The molecule has 0 aliphatic rings. The Hall–Kier alpha value is -3.52. The average molecular weight is 376 g/mol. The summed E-state index contributed by atoms with van der Waals surface area (Å²) >= 11 is 0. The van der Waals surface area contributed by atoms with Crippen LogP contribution in [0.2, 0.25) is 0 Å². The van der Waals surface area contributed by atoms with Gasteiger partial charge in [0.1, 0.15) is 11.6 Å². The molecule has 144 valence electrons. The first-order valence-electron chi connectivity index (χ1n) is 8.99. The van der Waals surface area contributed by atoms with Gasteiger partial charge in [-0.3, -0.25) is 4.79 Å². The quantitative estimate of drug-likeness (QED) is 0.417. The number of anilines is 1. The molecule has 0 bridgehead atoms. The van der Waals surface area contributed by atoms with Crippen LogP contribution in [-0.4, -0.2) is 17.6 Å². The molecule has 0 aromatic heterocycles. The van der Waals surface area contributed by atoms with Crippen molar-refractivity contribution in [3.63, 3.8) is 0 Å². The Kier molecular flexibility index (Phi) is 7.00. The third-order valence-electron chi connectivity index (χ3n) is 4.00. The largest absolute Gasteiger partial charge is 0.504 e. The van der Waals surface area contributed by atoms with E-state index < -0.39 is 5.91 Å². The minimum atomic E-state index is -0.496. The Morgan fingerprint density at radius 3 is 2.50 bits per heavy atom. The van der Waals surface area contributed by atoms with Gasteiger partial charge in [0, 0.05) is 11.3 Å². The molecule has 0 aliphatic carbocycles. The predicted molar refractivity (Wildman–Crippen MR) is 111 cm³/mol. The molecular weight excluding hydrogens is 352 g/mol. The fraction of sp³-hybridized carbons (Fsp3) is 0.217. The van der Waals surface area contributed by atoms with Crippen LogP contribution in [0.5, 0.6) is 11.5 Å². The molecule has 0 aliphatic heterocycles. The van der Waals surface area contributed by atoms with Crippen molar-refractivity contribution in [2.24, 2.45) is 0 Å². The molecule has 28 heavy (non-hydrogen) atoms. The van der Waals surface area contributed by atoms with Crippen molar-refractivity contribution in [1.29, 1.82) is 5.26 Å². The van der Waals surface area contributed by atoms with Crippen molar-refractivity contribution < 1.29 is 14.6 Å². The topological polar surface area (TPSA) is 82.4 Å². The lowest BCUT2D eigenvalue weighted by atomic mass is 10.0. The van der Waals surface area contributed by atoms with Gasteiger partial charge < -0.3 is 15.2 Å². The van der Waals surface area contributed by atoms with Gasteiger partial charge in [-0.05, 0) is 74.2 Å². The zero-order valence-electron chi connectivity index (χ0n) is 16.4. The molecule has 2 aromatic rings. The summed E-state index contributed by atoms with van der Waals surface area (Å²) in [5, 5.41) is 22.5. The lowest BCUT2D eigenvalue weighted by molar-refractivity contribution is -0.112. The van der Waals surface area contributed by atoms with Crippen molar-refractivity contribution in [3.05, 3.63) is 70.8 Å². The molecule has 0 unspecified atom stereocenters. The molecule has 0 saturated heterocycles. The molecule has 0 saturated carbocycles. The molecule has 0 atom stereocenters. The second-order valence-electron chi connectivity index (χ2n) is 6.45. The second-order valence-corrected chi connectivity index (χ2v) is 6.45. The molecule has 0 radical (unpaired) electrons. The number of hydrogen-bond donors (Lipinski definition) is 2. The van der Waals surface area contributed by atoms with Gasteiger partial charge in [-0.2, -0.15) is 5.26 Å². The van der Waals surface area contributed by atoms with Gasteiger partial charge in [0.15, 0.2) is 11.5 Å². The number of nitrogens with one attached hydrogen (secondary N) is 1. The number of benzene rings is 2. The van der Waals surface area contributed by atoms with E-state index in [1.807, 2.05) is 45.0 Å². The van der Waals surface area contributed by atoms with E-state index in [0.29, 0.717) is 35.6 Å². The van der Waals surface area contributed by atoms with Gasteiger partial charge in [0.25, 0.3) is 5.91 Å². The van der Waals surface area contributed by atoms with E-state index >= 15 is 0 Å². The molecule has 2 aromatic carbocycles. The zero-order valence-corrected chi connectivity index (χ0v) is 16.4. The highest BCUT2D eigenvalue weighted by molar-refractivity contribution is 6.09. The van der Waals surface area contributed by atoms with Crippen LogP contribution in [0, 0.1) is 25.2 Å². The van der Waals surface area contributed by atoms with Gasteiger partial charge >= 0.3 is 0 Å². The number of amides is 1. The molecule has 0 fully saturated rings. The lowest BCUT2D eigenvalue weighted by Gasteiger charge is -2.11. The summed E-state index contributed by atoms with van der Waals surface area (Å²) in [4.78, 5) is 12.6. The summed E-state index contributed by atoms with van der Waals surface area (Å²) in [6.07, 6.45) is 3.58. The van der Waals surface area contributed by atoms with Crippen molar-refractivity contribution in [3.8, 4) is 17.6 Å². The third-order valence-corrected chi connectivity index (χ3v) is 4.00. The minimum Gasteiger partial charge on any atom is -0.504 e. The van der Waals surface area contributed by atoms with Crippen LogP contribution in [0.3, 0.4) is 0 Å². The summed E-state index contributed by atoms with van der Waals surface area (Å²) in [5.74, 6) is -0.152. The monoisotopic (exact) mass is 376 g/mol. The number of nitriles is 1. The Morgan fingerprint density at radius 1 is 1.25 bits per heavy atom. The summed E-state index contributed by atoms with van der Waals surface area (Å²) in [6, 6.07) is 10.9. The summed E-state index contributed by atoms with van der Waals surface area (Å²) in [7, 11) is 0. The maximum Gasteiger partial charge on any atom is 0.266 e. The van der Waals surface area contributed by atoms with Gasteiger partial charge in [0.05, 0.1) is 6.61 Å². The number of nitrogens with zero attached hydrogens (tertiary/aromatic N) is 1. The number of carbonyl (C=O) groups is 1. The number of hydrogen-bond acceptors (Lipinski definition) is 4. The van der Waals surface area contributed by atoms with Crippen LogP contribution in [-0.2, 0) is 11.2 Å². The third kappa shape index (κ3) is 5.24. The SMILES string of the molecule is C=CCc1cc(/C=C(/C#N)C(=O)Nc2cc(C)cc(C)c2)cc(OCC)c1O. The van der Waals surface area contributed by atoms with Crippen LogP contribution >= 0.6 is 0 Å². The number of aromatic hydroxyl groups is 1. The predicted octanol–water partition coefficient (Wildman–Crippen LogP) is 4.68. The van der Waals surface area contributed by atoms with E-state index in [1.54, 1.807) is 18.2 Å². The van der Waals surface area contributed by atoms with E-state index in [9.17, 15) is 15.2 Å². The molecule has 0 spiro atoms. The molecule has 2 N–H and O–H groups in total. The first kappa shape index (κ1) is 20.8. The Bertz CT molecular complexity index is 948. The fourth-order valence-corrected chi connectivity index (χ4v) is 2.91. The average Bonchev–Trinajstić information content (AvgIpc) is 2.62. The first-order chi connectivity index (χ1) is 13.4. The molecule has 1 amide bonds. The molecule has 5 nitrogen and oxygen atoms in total. The van der Waals surface area contributed by atoms with Gasteiger partial charge in [-0.15, -0.1) is 6.58 Å². The van der Waals surface area contributed by atoms with Crippen LogP contribution in [0.1, 0.15) is 29.2 Å². The number of allylic oxidation sites excluding steroid dienone is 1. The molecule has 5 heteroatoms. The molecule has 0 heterocycles. The normalized spacial score (nSPS) is 10.9. The van der Waals surface area contributed by atoms with E-state index in [1.165, 1.54) is 6.08 Å². The zero-order chi connectivity index (χ0) is 20.7. The summed E-state index contributed by atoms with van der Waals surface area (Å²) in [6.45, 7) is 9.76. The van der Waals surface area contributed by atoms with E-state index in [2.05, 4.69) is 11.9 Å². The van der Waals surface area contributed by atoms with Crippen molar-refractivity contribution in [2.75, 3.05) is 11.9 Å². The first-order valence-corrected chi connectivity index (χ1v) is 8.99. The highest BCUT2D eigenvalue weighted by atomic mass is 16.5. The Balaban J connectivity index is 2.38. The molecular formula is C23H24N2O3. The van der Waals surface area contributed by atoms with Crippen LogP contribution in [0.15, 0.2) is 48.6 Å². The second kappa shape index (κ2) is 9.43. The maximum absolute atomic E-state index is 12.6. The van der Waals surface area contributed by atoms with E-state index in [4.69, 9.17) is 4.74 Å². The van der Waals surface area contributed by atoms with Gasteiger partial charge in [-0.25, -0.2) is 0 Å². The highest BCUT2D eigenvalue weighted by Crippen LogP contribution is 2.33. The van der Waals surface area contributed by atoms with Crippen LogP contribution < -0.4 is 10.1 Å². The number of carbonyl (C=O) groups excluding carboxylic acids is 1. The fourth-order valence-electron chi connectivity index (χ4n) is 2.91. The van der Waals surface area contributed by atoms with Crippen LogP contribution in [0.25, 0.3) is 6.08 Å². The van der Waals surface area contributed by atoms with Gasteiger partial charge in [-0.1, -0.05) is 12.1 Å². The smallest absolute Gasteiger partial charge is 0.266 e. The number of rotatable bonds is 7. The molecule has 2 rings (SSSR count). The number of phenols is 1. The van der Waals surface area contributed by atoms with Crippen molar-refractivity contribution in [1.82, 2.24) is 0 Å². The number of aryl methyl sites for hydroxylation is 2. The Labute approximate surface area is 165 Å². The number of ether oxygens (including phenoxy) is 1. The van der Waals surface area contributed by atoms with Crippen LogP contribution in [0.4, 0.5) is 5.69 Å².